The van der Waals surface area contributed by atoms with E-state index in [2.05, 4.69) is 5.10 Å². The Morgan fingerprint density at radius 3 is 2.87 bits per heavy atom. The molecule has 0 bridgehead atoms. The fourth-order valence-corrected chi connectivity index (χ4v) is 1.21. The lowest BCUT2D eigenvalue weighted by Crippen LogP contribution is -2.24. The van der Waals surface area contributed by atoms with E-state index in [1.807, 2.05) is 6.92 Å². The topological polar surface area (TPSA) is 64.3 Å². The Morgan fingerprint density at radius 2 is 2.27 bits per heavy atom. The SMILES string of the molecule is CCCCn1ncc(O)c(OCC)c1=O. The third-order valence-corrected chi connectivity index (χ3v) is 1.99. The average molecular weight is 212 g/mol. The fraction of sp³-hybridized carbons (Fsp3) is 0.600. The maximum absolute atomic E-state index is 11.7. The summed E-state index contributed by atoms with van der Waals surface area (Å²) in [6.07, 6.45) is 3.10. The van der Waals surface area contributed by atoms with Crippen LogP contribution in [0.2, 0.25) is 0 Å². The molecule has 5 heteroatoms. The summed E-state index contributed by atoms with van der Waals surface area (Å²) in [5.74, 6) is -0.210. The van der Waals surface area contributed by atoms with Gasteiger partial charge in [0.1, 0.15) is 0 Å². The van der Waals surface area contributed by atoms with Crippen LogP contribution in [-0.2, 0) is 6.54 Å². The molecule has 0 spiro atoms. The molecule has 0 aromatic carbocycles. The van der Waals surface area contributed by atoms with E-state index in [1.54, 1.807) is 6.92 Å². The van der Waals surface area contributed by atoms with Crippen LogP contribution in [0.3, 0.4) is 0 Å². The minimum Gasteiger partial charge on any atom is -0.503 e. The number of ether oxygens (including phenoxy) is 1. The molecule has 0 unspecified atom stereocenters. The van der Waals surface area contributed by atoms with Gasteiger partial charge in [-0.15, -0.1) is 0 Å². The number of nitrogens with zero attached hydrogens (tertiary/aromatic N) is 2. The minimum absolute atomic E-state index is 0.0106. The molecule has 0 radical (unpaired) electrons. The molecule has 84 valence electrons. The highest BCUT2D eigenvalue weighted by atomic mass is 16.5. The highest BCUT2D eigenvalue weighted by Crippen LogP contribution is 2.18. The van der Waals surface area contributed by atoms with Crippen LogP contribution in [0.4, 0.5) is 0 Å². The number of aromatic hydroxyl groups is 1. The second-order valence-corrected chi connectivity index (χ2v) is 3.17. The summed E-state index contributed by atoms with van der Waals surface area (Å²) in [7, 11) is 0. The van der Waals surface area contributed by atoms with Crippen molar-refractivity contribution in [3.8, 4) is 11.5 Å². The molecule has 0 aliphatic rings. The normalized spacial score (nSPS) is 10.3. The van der Waals surface area contributed by atoms with Crippen LogP contribution >= 0.6 is 0 Å². The molecule has 1 heterocycles. The van der Waals surface area contributed by atoms with Gasteiger partial charge in [0.05, 0.1) is 12.8 Å². The molecular weight excluding hydrogens is 196 g/mol. The highest BCUT2D eigenvalue weighted by Gasteiger charge is 2.10. The van der Waals surface area contributed by atoms with Gasteiger partial charge in [-0.2, -0.15) is 5.10 Å². The Balaban J connectivity index is 3.00. The van der Waals surface area contributed by atoms with Crippen molar-refractivity contribution in [2.75, 3.05) is 6.61 Å². The van der Waals surface area contributed by atoms with Gasteiger partial charge in [-0.05, 0) is 13.3 Å². The zero-order valence-electron chi connectivity index (χ0n) is 9.06. The van der Waals surface area contributed by atoms with Gasteiger partial charge in [-0.3, -0.25) is 4.79 Å². The minimum atomic E-state index is -0.370. The zero-order valence-corrected chi connectivity index (χ0v) is 9.06. The van der Waals surface area contributed by atoms with Crippen molar-refractivity contribution in [2.24, 2.45) is 0 Å². The Labute approximate surface area is 88.3 Å². The zero-order chi connectivity index (χ0) is 11.3. The van der Waals surface area contributed by atoms with E-state index < -0.39 is 0 Å². The Kier molecular flexibility index (Phi) is 4.15. The molecule has 15 heavy (non-hydrogen) atoms. The first kappa shape index (κ1) is 11.6. The second kappa shape index (κ2) is 5.38. The third-order valence-electron chi connectivity index (χ3n) is 1.99. The molecule has 1 N–H and O–H groups in total. The van der Waals surface area contributed by atoms with Gasteiger partial charge in [-0.1, -0.05) is 13.3 Å². The number of aryl methyl sites for hydroxylation is 1. The van der Waals surface area contributed by atoms with E-state index in [0.717, 1.165) is 12.8 Å². The first-order valence-corrected chi connectivity index (χ1v) is 5.12. The van der Waals surface area contributed by atoms with Gasteiger partial charge in [0.25, 0.3) is 0 Å². The summed E-state index contributed by atoms with van der Waals surface area (Å²) in [4.78, 5) is 11.7. The maximum Gasteiger partial charge on any atom is 0.313 e. The van der Waals surface area contributed by atoms with Crippen LogP contribution in [0.25, 0.3) is 0 Å². The first-order valence-electron chi connectivity index (χ1n) is 5.12. The summed E-state index contributed by atoms with van der Waals surface area (Å²) in [5, 5.41) is 13.2. The molecule has 0 aliphatic carbocycles. The monoisotopic (exact) mass is 212 g/mol. The number of hydrogen-bond donors (Lipinski definition) is 1. The molecule has 0 atom stereocenters. The van der Waals surface area contributed by atoms with Crippen LogP contribution in [0, 0.1) is 0 Å². The Bertz CT molecular complexity index is 373. The van der Waals surface area contributed by atoms with E-state index >= 15 is 0 Å². The molecule has 0 amide bonds. The molecule has 0 aliphatic heterocycles. The average Bonchev–Trinajstić information content (AvgIpc) is 2.23. The van der Waals surface area contributed by atoms with E-state index in [1.165, 1.54) is 10.9 Å². The molecule has 1 aromatic rings. The predicted octanol–water partition coefficient (Wildman–Crippen LogP) is 1.15. The number of unbranched alkanes of at least 4 members (excludes halogenated alkanes) is 1. The second-order valence-electron chi connectivity index (χ2n) is 3.17. The van der Waals surface area contributed by atoms with Crippen molar-refractivity contribution in [2.45, 2.75) is 33.2 Å². The summed E-state index contributed by atoms with van der Waals surface area (Å²) in [5.41, 5.74) is -0.370. The lowest BCUT2D eigenvalue weighted by atomic mass is 10.3. The van der Waals surface area contributed by atoms with Crippen molar-refractivity contribution >= 4 is 0 Å². The van der Waals surface area contributed by atoms with Crippen molar-refractivity contribution in [3.63, 3.8) is 0 Å². The van der Waals surface area contributed by atoms with E-state index in [9.17, 15) is 9.90 Å². The number of rotatable bonds is 5. The van der Waals surface area contributed by atoms with Crippen LogP contribution in [-0.4, -0.2) is 21.5 Å². The molecule has 5 nitrogen and oxygen atoms in total. The summed E-state index contributed by atoms with van der Waals surface area (Å²) >= 11 is 0. The Hall–Kier alpha value is -1.52. The van der Waals surface area contributed by atoms with Gasteiger partial charge >= 0.3 is 5.56 Å². The highest BCUT2D eigenvalue weighted by molar-refractivity contribution is 5.33. The molecule has 1 rings (SSSR count). The van der Waals surface area contributed by atoms with E-state index in [-0.39, 0.29) is 17.1 Å². The predicted molar refractivity (Wildman–Crippen MR) is 56.2 cm³/mol. The third kappa shape index (κ3) is 2.71. The Morgan fingerprint density at radius 1 is 1.53 bits per heavy atom. The van der Waals surface area contributed by atoms with Gasteiger partial charge in [0.2, 0.25) is 5.75 Å². The maximum atomic E-state index is 11.7. The van der Waals surface area contributed by atoms with Gasteiger partial charge < -0.3 is 9.84 Å². The van der Waals surface area contributed by atoms with Crippen LogP contribution in [0.5, 0.6) is 11.5 Å². The van der Waals surface area contributed by atoms with Gasteiger partial charge in [0.15, 0.2) is 5.75 Å². The molecule has 1 aromatic heterocycles. The van der Waals surface area contributed by atoms with Crippen LogP contribution < -0.4 is 10.3 Å². The summed E-state index contributed by atoms with van der Waals surface area (Å²) in [6.45, 7) is 4.70. The first-order chi connectivity index (χ1) is 7.20. The van der Waals surface area contributed by atoms with Crippen molar-refractivity contribution in [3.05, 3.63) is 16.6 Å². The quantitative estimate of drug-likeness (QED) is 0.795. The van der Waals surface area contributed by atoms with Crippen molar-refractivity contribution in [1.82, 2.24) is 9.78 Å². The van der Waals surface area contributed by atoms with Crippen LogP contribution in [0.15, 0.2) is 11.0 Å². The van der Waals surface area contributed by atoms with Crippen molar-refractivity contribution < 1.29 is 9.84 Å². The van der Waals surface area contributed by atoms with E-state index in [0.29, 0.717) is 13.2 Å². The molecule has 0 saturated heterocycles. The number of aromatic nitrogens is 2. The van der Waals surface area contributed by atoms with Crippen molar-refractivity contribution in [1.29, 1.82) is 0 Å². The molecular formula is C10H16N2O3. The lowest BCUT2D eigenvalue weighted by molar-refractivity contribution is 0.304. The largest absolute Gasteiger partial charge is 0.503 e. The van der Waals surface area contributed by atoms with Gasteiger partial charge in [-0.25, -0.2) is 4.68 Å². The molecule has 0 fully saturated rings. The van der Waals surface area contributed by atoms with E-state index in [4.69, 9.17) is 4.74 Å². The number of hydrogen-bond acceptors (Lipinski definition) is 4. The summed E-state index contributed by atoms with van der Waals surface area (Å²) in [6, 6.07) is 0. The standard InChI is InChI=1S/C10H16N2O3/c1-3-5-6-12-10(14)9(15-4-2)8(13)7-11-12/h7,13H,3-6H2,1-2H3. The van der Waals surface area contributed by atoms with Gasteiger partial charge in [0, 0.05) is 6.54 Å². The van der Waals surface area contributed by atoms with Crippen LogP contribution in [0.1, 0.15) is 26.7 Å². The lowest BCUT2D eigenvalue weighted by Gasteiger charge is -2.08. The molecule has 0 saturated carbocycles. The summed E-state index contributed by atoms with van der Waals surface area (Å²) < 4.78 is 6.38. The fourth-order valence-electron chi connectivity index (χ4n) is 1.21. The smallest absolute Gasteiger partial charge is 0.313 e.